The van der Waals surface area contributed by atoms with Gasteiger partial charge in [-0.15, -0.1) is 12.4 Å². The van der Waals surface area contributed by atoms with E-state index in [2.05, 4.69) is 5.32 Å². The SMILES string of the molecule is CCCC(N)C(=O)NC(C)C(OC)c1ccccc1F.Cl. The Morgan fingerprint density at radius 3 is 2.57 bits per heavy atom. The number of nitrogens with one attached hydrogen (secondary N) is 1. The number of amides is 1. The lowest BCUT2D eigenvalue weighted by molar-refractivity contribution is -0.124. The summed E-state index contributed by atoms with van der Waals surface area (Å²) in [7, 11) is 1.49. The summed E-state index contributed by atoms with van der Waals surface area (Å²) in [6.07, 6.45) is 0.911. The first-order valence-corrected chi connectivity index (χ1v) is 6.84. The molecule has 3 atom stereocenters. The summed E-state index contributed by atoms with van der Waals surface area (Å²) in [4.78, 5) is 11.9. The second-order valence-electron chi connectivity index (χ2n) is 4.87. The van der Waals surface area contributed by atoms with Crippen molar-refractivity contribution in [1.29, 1.82) is 0 Å². The molecular weight excluding hydrogens is 295 g/mol. The van der Waals surface area contributed by atoms with Gasteiger partial charge in [0.25, 0.3) is 0 Å². The fraction of sp³-hybridized carbons (Fsp3) is 0.533. The lowest BCUT2D eigenvalue weighted by atomic mass is 10.0. The van der Waals surface area contributed by atoms with Crippen LogP contribution in [0.3, 0.4) is 0 Å². The number of carbonyl (C=O) groups is 1. The average Bonchev–Trinajstić information content (AvgIpc) is 2.42. The molecule has 0 aliphatic heterocycles. The Kier molecular flexibility index (Phi) is 9.17. The van der Waals surface area contributed by atoms with Crippen LogP contribution < -0.4 is 11.1 Å². The lowest BCUT2D eigenvalue weighted by Crippen LogP contribution is -2.46. The van der Waals surface area contributed by atoms with Gasteiger partial charge in [-0.2, -0.15) is 0 Å². The number of rotatable bonds is 7. The molecule has 1 amide bonds. The van der Waals surface area contributed by atoms with E-state index in [1.165, 1.54) is 13.2 Å². The zero-order valence-corrected chi connectivity index (χ0v) is 13.5. The molecule has 1 aromatic carbocycles. The first kappa shape index (κ1) is 19.8. The van der Waals surface area contributed by atoms with Crippen molar-refractivity contribution >= 4 is 18.3 Å². The number of benzene rings is 1. The summed E-state index contributed by atoms with van der Waals surface area (Å²) in [5, 5.41) is 2.79. The van der Waals surface area contributed by atoms with E-state index in [0.29, 0.717) is 12.0 Å². The normalized spacial score (nSPS) is 14.7. The van der Waals surface area contributed by atoms with Crippen LogP contribution in [0.5, 0.6) is 0 Å². The maximum atomic E-state index is 13.8. The van der Waals surface area contributed by atoms with Crippen LogP contribution >= 0.6 is 12.4 Å². The molecule has 120 valence electrons. The molecular formula is C15H24ClFN2O2. The number of ether oxygens (including phenoxy) is 1. The Morgan fingerprint density at radius 2 is 2.05 bits per heavy atom. The van der Waals surface area contributed by atoms with Crippen LogP contribution in [-0.4, -0.2) is 25.1 Å². The van der Waals surface area contributed by atoms with E-state index >= 15 is 0 Å². The third-order valence-corrected chi connectivity index (χ3v) is 3.23. The van der Waals surface area contributed by atoms with Crippen LogP contribution in [-0.2, 0) is 9.53 Å². The Hall–Kier alpha value is -1.17. The average molecular weight is 319 g/mol. The van der Waals surface area contributed by atoms with Crippen molar-refractivity contribution in [3.63, 3.8) is 0 Å². The molecule has 0 spiro atoms. The minimum Gasteiger partial charge on any atom is -0.375 e. The maximum absolute atomic E-state index is 13.8. The third-order valence-electron chi connectivity index (χ3n) is 3.23. The van der Waals surface area contributed by atoms with Crippen molar-refractivity contribution in [2.24, 2.45) is 5.73 Å². The van der Waals surface area contributed by atoms with E-state index in [4.69, 9.17) is 10.5 Å². The second-order valence-corrected chi connectivity index (χ2v) is 4.87. The van der Waals surface area contributed by atoms with Crippen molar-refractivity contribution in [2.45, 2.75) is 44.9 Å². The second kappa shape index (κ2) is 9.71. The summed E-state index contributed by atoms with van der Waals surface area (Å²) in [6, 6.07) is 5.47. The van der Waals surface area contributed by atoms with Crippen molar-refractivity contribution < 1.29 is 13.9 Å². The summed E-state index contributed by atoms with van der Waals surface area (Å²) >= 11 is 0. The molecule has 0 saturated carbocycles. The van der Waals surface area contributed by atoms with Gasteiger partial charge in [-0.05, 0) is 19.4 Å². The maximum Gasteiger partial charge on any atom is 0.237 e. The number of halogens is 2. The predicted molar refractivity (Wildman–Crippen MR) is 83.9 cm³/mol. The number of carbonyl (C=O) groups excluding carboxylic acids is 1. The number of nitrogens with two attached hydrogens (primary N) is 1. The van der Waals surface area contributed by atoms with Crippen LogP contribution in [0.15, 0.2) is 24.3 Å². The zero-order chi connectivity index (χ0) is 15.1. The largest absolute Gasteiger partial charge is 0.375 e. The highest BCUT2D eigenvalue weighted by Gasteiger charge is 2.24. The Morgan fingerprint density at radius 1 is 1.43 bits per heavy atom. The Bertz CT molecular complexity index is 445. The highest BCUT2D eigenvalue weighted by molar-refractivity contribution is 5.85. The summed E-state index contributed by atoms with van der Waals surface area (Å²) in [5.41, 5.74) is 6.18. The van der Waals surface area contributed by atoms with E-state index in [1.807, 2.05) is 6.92 Å². The van der Waals surface area contributed by atoms with Gasteiger partial charge >= 0.3 is 0 Å². The van der Waals surface area contributed by atoms with Crippen LogP contribution in [0, 0.1) is 5.82 Å². The molecule has 6 heteroatoms. The number of methoxy groups -OCH3 is 1. The van der Waals surface area contributed by atoms with E-state index in [9.17, 15) is 9.18 Å². The highest BCUT2D eigenvalue weighted by Crippen LogP contribution is 2.23. The van der Waals surface area contributed by atoms with Crippen molar-refractivity contribution in [3.8, 4) is 0 Å². The topological polar surface area (TPSA) is 64.4 Å². The Labute approximate surface area is 131 Å². The van der Waals surface area contributed by atoms with Gasteiger partial charge in [0.2, 0.25) is 5.91 Å². The number of hydrogen-bond donors (Lipinski definition) is 2. The van der Waals surface area contributed by atoms with Gasteiger partial charge in [0.15, 0.2) is 0 Å². The molecule has 0 aliphatic carbocycles. The minimum absolute atomic E-state index is 0. The van der Waals surface area contributed by atoms with Gasteiger partial charge in [-0.25, -0.2) is 4.39 Å². The molecule has 21 heavy (non-hydrogen) atoms. The van der Waals surface area contributed by atoms with Crippen LogP contribution in [0.25, 0.3) is 0 Å². The van der Waals surface area contributed by atoms with Gasteiger partial charge in [-0.1, -0.05) is 31.5 Å². The van der Waals surface area contributed by atoms with Gasteiger partial charge < -0.3 is 15.8 Å². The third kappa shape index (κ3) is 5.61. The predicted octanol–water partition coefficient (Wildman–Crippen LogP) is 2.57. The van der Waals surface area contributed by atoms with Gasteiger partial charge in [0.1, 0.15) is 11.9 Å². The minimum atomic E-state index is -0.547. The molecule has 0 bridgehead atoms. The van der Waals surface area contributed by atoms with Crippen molar-refractivity contribution in [3.05, 3.63) is 35.6 Å². The summed E-state index contributed by atoms with van der Waals surface area (Å²) < 4.78 is 19.1. The first-order valence-electron chi connectivity index (χ1n) is 6.84. The lowest BCUT2D eigenvalue weighted by Gasteiger charge is -2.25. The van der Waals surface area contributed by atoms with Crippen LogP contribution in [0.2, 0.25) is 0 Å². The zero-order valence-electron chi connectivity index (χ0n) is 12.6. The summed E-state index contributed by atoms with van der Waals surface area (Å²) in [5.74, 6) is -0.587. The number of hydrogen-bond acceptors (Lipinski definition) is 3. The molecule has 0 saturated heterocycles. The Balaban J connectivity index is 0.00000400. The van der Waals surface area contributed by atoms with Crippen molar-refractivity contribution in [1.82, 2.24) is 5.32 Å². The molecule has 0 radical (unpaired) electrons. The molecule has 3 unspecified atom stereocenters. The fourth-order valence-electron chi connectivity index (χ4n) is 2.16. The first-order chi connectivity index (χ1) is 9.51. The monoisotopic (exact) mass is 318 g/mol. The molecule has 1 aromatic rings. The standard InChI is InChI=1S/C15H23FN2O2.ClH/c1-4-7-13(17)15(19)18-10(2)14(20-3)11-8-5-6-9-12(11)16;/h5-6,8-10,13-14H,4,7,17H2,1-3H3,(H,18,19);1H. The van der Waals surface area contributed by atoms with Gasteiger partial charge in [-0.3, -0.25) is 4.79 Å². The molecule has 0 fully saturated rings. The van der Waals surface area contributed by atoms with E-state index in [-0.39, 0.29) is 30.2 Å². The molecule has 0 aromatic heterocycles. The van der Waals surface area contributed by atoms with E-state index in [1.54, 1.807) is 25.1 Å². The molecule has 4 nitrogen and oxygen atoms in total. The molecule has 0 aliphatic rings. The van der Waals surface area contributed by atoms with Crippen LogP contribution in [0.4, 0.5) is 4.39 Å². The highest BCUT2D eigenvalue weighted by atomic mass is 35.5. The molecule has 3 N–H and O–H groups in total. The van der Waals surface area contributed by atoms with Crippen molar-refractivity contribution in [2.75, 3.05) is 7.11 Å². The van der Waals surface area contributed by atoms with Gasteiger partial charge in [0, 0.05) is 12.7 Å². The van der Waals surface area contributed by atoms with E-state index < -0.39 is 12.1 Å². The molecule has 1 rings (SSSR count). The summed E-state index contributed by atoms with van der Waals surface area (Å²) in [6.45, 7) is 3.74. The quantitative estimate of drug-likeness (QED) is 0.812. The smallest absolute Gasteiger partial charge is 0.237 e. The van der Waals surface area contributed by atoms with Gasteiger partial charge in [0.05, 0.1) is 12.1 Å². The fourth-order valence-corrected chi connectivity index (χ4v) is 2.16. The molecule has 0 heterocycles. The van der Waals surface area contributed by atoms with Crippen LogP contribution in [0.1, 0.15) is 38.4 Å². The van der Waals surface area contributed by atoms with E-state index in [0.717, 1.165) is 6.42 Å².